The molecule has 0 spiro atoms. The Labute approximate surface area is 251 Å². The standard InChI is InChI=1S/C34H38FN5O3/c1-43-16-4-15-40-30-7-2-6-28(35)33(30)38-34(40)26-5-3-14-39(21-26)32(42)20-27(36)17-22-8-10-23(11-9-22)24-12-13-25-19-31(41)37-29(25)18-24/h2,6-13,18,26-27H,3-5,14-17,19-21,36H2,1H3,(H,37,41)/t26-,27-/m1/s1. The number of fused-ring (bicyclic) bond motifs is 2. The summed E-state index contributed by atoms with van der Waals surface area (Å²) in [7, 11) is 1.68. The second kappa shape index (κ2) is 12.7. The van der Waals surface area contributed by atoms with Gasteiger partial charge in [0.05, 0.1) is 11.9 Å². The van der Waals surface area contributed by atoms with E-state index in [4.69, 9.17) is 15.5 Å². The molecule has 3 aromatic carbocycles. The van der Waals surface area contributed by atoms with E-state index in [1.165, 1.54) is 6.07 Å². The first-order valence-corrected chi connectivity index (χ1v) is 15.1. The predicted octanol–water partition coefficient (Wildman–Crippen LogP) is 5.04. The molecule has 0 bridgehead atoms. The number of hydrogen-bond acceptors (Lipinski definition) is 5. The molecule has 4 aromatic rings. The van der Waals surface area contributed by atoms with Gasteiger partial charge in [0, 0.05) is 57.4 Å². The van der Waals surface area contributed by atoms with Crippen LogP contribution in [-0.4, -0.2) is 59.1 Å². The number of methoxy groups -OCH3 is 1. The fourth-order valence-corrected chi connectivity index (χ4v) is 6.41. The lowest BCUT2D eigenvalue weighted by atomic mass is 9.95. The van der Waals surface area contributed by atoms with E-state index >= 15 is 0 Å². The summed E-state index contributed by atoms with van der Waals surface area (Å²) < 4.78 is 22.0. The predicted molar refractivity (Wildman–Crippen MR) is 165 cm³/mol. The normalized spacial score (nSPS) is 17.2. The minimum atomic E-state index is -0.326. The zero-order chi connectivity index (χ0) is 29.9. The van der Waals surface area contributed by atoms with Crippen LogP contribution in [0, 0.1) is 5.82 Å². The number of anilines is 1. The van der Waals surface area contributed by atoms with Gasteiger partial charge in [-0.05, 0) is 66.1 Å². The number of ether oxygens (including phenoxy) is 1. The van der Waals surface area contributed by atoms with Gasteiger partial charge in [0.2, 0.25) is 11.8 Å². The van der Waals surface area contributed by atoms with Crippen molar-refractivity contribution < 1.29 is 18.7 Å². The third-order valence-corrected chi connectivity index (χ3v) is 8.59. The summed E-state index contributed by atoms with van der Waals surface area (Å²) in [6.45, 7) is 2.53. The van der Waals surface area contributed by atoms with Crippen LogP contribution in [0.3, 0.4) is 0 Å². The van der Waals surface area contributed by atoms with E-state index in [1.54, 1.807) is 13.2 Å². The van der Waals surface area contributed by atoms with Gasteiger partial charge < -0.3 is 25.3 Å². The van der Waals surface area contributed by atoms with E-state index in [2.05, 4.69) is 34.1 Å². The molecule has 1 aromatic heterocycles. The molecule has 1 saturated heterocycles. The molecule has 2 atom stereocenters. The number of piperidine rings is 1. The molecule has 0 saturated carbocycles. The number of nitrogens with one attached hydrogen (secondary N) is 1. The van der Waals surface area contributed by atoms with Crippen molar-refractivity contribution in [2.24, 2.45) is 5.73 Å². The zero-order valence-corrected chi connectivity index (χ0v) is 24.5. The van der Waals surface area contributed by atoms with Crippen molar-refractivity contribution in [2.75, 3.05) is 32.1 Å². The first-order valence-electron chi connectivity index (χ1n) is 15.1. The van der Waals surface area contributed by atoms with E-state index < -0.39 is 0 Å². The van der Waals surface area contributed by atoms with Gasteiger partial charge >= 0.3 is 0 Å². The summed E-state index contributed by atoms with van der Waals surface area (Å²) in [5, 5.41) is 2.91. The van der Waals surface area contributed by atoms with E-state index in [0.717, 1.165) is 58.5 Å². The molecule has 3 heterocycles. The van der Waals surface area contributed by atoms with Crippen LogP contribution in [0.5, 0.6) is 0 Å². The molecule has 0 radical (unpaired) electrons. The number of rotatable bonds is 10. The van der Waals surface area contributed by atoms with Crippen molar-refractivity contribution in [2.45, 2.75) is 57.0 Å². The molecule has 2 aliphatic heterocycles. The third kappa shape index (κ3) is 6.33. The van der Waals surface area contributed by atoms with Crippen molar-refractivity contribution >= 4 is 28.5 Å². The molecule has 1 fully saturated rings. The zero-order valence-electron chi connectivity index (χ0n) is 24.5. The van der Waals surface area contributed by atoms with Crippen molar-refractivity contribution in [1.82, 2.24) is 14.5 Å². The highest BCUT2D eigenvalue weighted by Gasteiger charge is 2.30. The number of aryl methyl sites for hydroxylation is 1. The second-order valence-electron chi connectivity index (χ2n) is 11.7. The van der Waals surface area contributed by atoms with E-state index in [-0.39, 0.29) is 36.0 Å². The van der Waals surface area contributed by atoms with Crippen LogP contribution >= 0.6 is 0 Å². The number of benzene rings is 3. The van der Waals surface area contributed by atoms with Crippen LogP contribution in [0.2, 0.25) is 0 Å². The lowest BCUT2D eigenvalue weighted by Crippen LogP contribution is -2.42. The van der Waals surface area contributed by atoms with Crippen molar-refractivity contribution in [1.29, 1.82) is 0 Å². The van der Waals surface area contributed by atoms with Gasteiger partial charge in [-0.15, -0.1) is 0 Å². The topological polar surface area (TPSA) is 102 Å². The van der Waals surface area contributed by atoms with Crippen LogP contribution in [0.1, 0.15) is 48.6 Å². The Morgan fingerprint density at radius 1 is 1.16 bits per heavy atom. The molecule has 43 heavy (non-hydrogen) atoms. The number of imidazole rings is 1. The number of nitrogens with two attached hydrogens (primary N) is 1. The maximum Gasteiger partial charge on any atom is 0.228 e. The quantitative estimate of drug-likeness (QED) is 0.255. The number of carbonyl (C=O) groups excluding carboxylic acids is 2. The van der Waals surface area contributed by atoms with Gasteiger partial charge in [0.15, 0.2) is 5.82 Å². The molecule has 2 amide bonds. The van der Waals surface area contributed by atoms with E-state index in [9.17, 15) is 14.0 Å². The van der Waals surface area contributed by atoms with Crippen molar-refractivity contribution in [3.63, 3.8) is 0 Å². The molecule has 224 valence electrons. The van der Waals surface area contributed by atoms with Gasteiger partial charge in [-0.1, -0.05) is 42.5 Å². The van der Waals surface area contributed by atoms with Crippen LogP contribution in [0.25, 0.3) is 22.2 Å². The molecule has 3 N–H and O–H groups in total. The number of hydrogen-bond donors (Lipinski definition) is 2. The third-order valence-electron chi connectivity index (χ3n) is 8.59. The average molecular weight is 584 g/mol. The van der Waals surface area contributed by atoms with Crippen molar-refractivity contribution in [3.05, 3.63) is 83.4 Å². The highest BCUT2D eigenvalue weighted by molar-refractivity contribution is 6.00. The summed E-state index contributed by atoms with van der Waals surface area (Å²) in [4.78, 5) is 31.7. The first kappa shape index (κ1) is 29.0. The number of para-hydroxylation sites is 1. The molecule has 2 aliphatic rings. The lowest BCUT2D eigenvalue weighted by molar-refractivity contribution is -0.132. The van der Waals surface area contributed by atoms with Crippen LogP contribution in [0.15, 0.2) is 60.7 Å². The number of halogens is 1. The summed E-state index contributed by atoms with van der Waals surface area (Å²) in [6, 6.07) is 19.0. The SMILES string of the molecule is COCCCn1c([C@@H]2CCCN(C(=O)C[C@H](N)Cc3ccc(-c4ccc5c(c4)NC(=O)C5)cc3)C2)nc2c(F)cccc21. The Hall–Kier alpha value is -4.08. The summed E-state index contributed by atoms with van der Waals surface area (Å²) in [5.74, 6) is 0.612. The maximum absolute atomic E-state index is 14.6. The number of amides is 2. The highest BCUT2D eigenvalue weighted by atomic mass is 19.1. The minimum Gasteiger partial charge on any atom is -0.385 e. The molecule has 6 rings (SSSR count). The van der Waals surface area contributed by atoms with Crippen molar-refractivity contribution in [3.8, 4) is 11.1 Å². The molecular formula is C34H38FN5O3. The summed E-state index contributed by atoms with van der Waals surface area (Å²) in [5.41, 5.74) is 12.7. The molecule has 0 unspecified atom stereocenters. The van der Waals surface area contributed by atoms with Crippen LogP contribution in [-0.2, 0) is 33.7 Å². The number of nitrogens with zero attached hydrogens (tertiary/aromatic N) is 3. The molecule has 9 heteroatoms. The molecule has 8 nitrogen and oxygen atoms in total. The number of aromatic nitrogens is 2. The molecule has 0 aliphatic carbocycles. The summed E-state index contributed by atoms with van der Waals surface area (Å²) >= 11 is 0. The Morgan fingerprint density at radius 3 is 2.79 bits per heavy atom. The maximum atomic E-state index is 14.6. The van der Waals surface area contributed by atoms with Gasteiger partial charge in [0.25, 0.3) is 0 Å². The Kier molecular flexibility index (Phi) is 8.54. The Morgan fingerprint density at radius 2 is 1.98 bits per heavy atom. The second-order valence-corrected chi connectivity index (χ2v) is 11.7. The number of carbonyl (C=O) groups is 2. The van der Waals surface area contributed by atoms with Gasteiger partial charge in [-0.2, -0.15) is 0 Å². The monoisotopic (exact) mass is 583 g/mol. The Balaban J connectivity index is 1.08. The average Bonchev–Trinajstić information content (AvgIpc) is 3.57. The largest absolute Gasteiger partial charge is 0.385 e. The van der Waals surface area contributed by atoms with Gasteiger partial charge in [0.1, 0.15) is 11.3 Å². The lowest BCUT2D eigenvalue weighted by Gasteiger charge is -2.33. The minimum absolute atomic E-state index is 0.0271. The fraction of sp³-hybridized carbons (Fsp3) is 0.382. The van der Waals surface area contributed by atoms with Crippen LogP contribution in [0.4, 0.5) is 10.1 Å². The Bertz CT molecular complexity index is 1630. The highest BCUT2D eigenvalue weighted by Crippen LogP contribution is 2.32. The van der Waals surface area contributed by atoms with E-state index in [0.29, 0.717) is 44.6 Å². The smallest absolute Gasteiger partial charge is 0.228 e. The van der Waals surface area contributed by atoms with Gasteiger partial charge in [-0.3, -0.25) is 9.59 Å². The van der Waals surface area contributed by atoms with E-state index in [1.807, 2.05) is 29.2 Å². The molecular weight excluding hydrogens is 545 g/mol. The number of likely N-dealkylation sites (tertiary alicyclic amines) is 1. The first-order chi connectivity index (χ1) is 20.9. The summed E-state index contributed by atoms with van der Waals surface area (Å²) in [6.07, 6.45) is 3.84. The van der Waals surface area contributed by atoms with Crippen LogP contribution < -0.4 is 11.1 Å². The van der Waals surface area contributed by atoms with Gasteiger partial charge in [-0.25, -0.2) is 9.37 Å². The fourth-order valence-electron chi connectivity index (χ4n) is 6.41.